The monoisotopic (exact) mass is 382 g/mol. The molecule has 7 heteroatoms. The maximum atomic E-state index is 13.0. The minimum absolute atomic E-state index is 0.249. The number of hydrogen-bond acceptors (Lipinski definition) is 5. The number of nitrogens with one attached hydrogen (secondary N) is 2. The lowest BCUT2D eigenvalue weighted by molar-refractivity contribution is 0.582. The van der Waals surface area contributed by atoms with E-state index in [-0.39, 0.29) is 6.54 Å². The van der Waals surface area contributed by atoms with Gasteiger partial charge in [-0.05, 0) is 30.2 Å². The number of anilines is 2. The van der Waals surface area contributed by atoms with Crippen molar-refractivity contribution >= 4 is 32.3 Å². The van der Waals surface area contributed by atoms with Gasteiger partial charge in [-0.1, -0.05) is 24.3 Å². The third kappa shape index (κ3) is 3.24. The number of fused-ring (bicyclic) bond motifs is 2. The van der Waals surface area contributed by atoms with E-state index >= 15 is 0 Å². The Hall–Kier alpha value is -2.64. The van der Waals surface area contributed by atoms with E-state index < -0.39 is 10.0 Å². The second-order valence-electron chi connectivity index (χ2n) is 6.82. The average Bonchev–Trinajstić information content (AvgIpc) is 3.14. The van der Waals surface area contributed by atoms with Gasteiger partial charge in [-0.2, -0.15) is 0 Å². The average molecular weight is 382 g/mol. The fourth-order valence-corrected chi connectivity index (χ4v) is 4.80. The molecule has 0 spiro atoms. The molecular weight excluding hydrogens is 360 g/mol. The smallest absolute Gasteiger partial charge is 0.241 e. The minimum Gasteiger partial charge on any atom is -0.377 e. The van der Waals surface area contributed by atoms with Gasteiger partial charge < -0.3 is 10.2 Å². The zero-order chi connectivity index (χ0) is 19.0. The second kappa shape index (κ2) is 6.83. The molecule has 0 amide bonds. The van der Waals surface area contributed by atoms with Crippen molar-refractivity contribution in [1.29, 1.82) is 0 Å². The number of hydrogen-bond donors (Lipinski definition) is 2. The van der Waals surface area contributed by atoms with Gasteiger partial charge in [-0.3, -0.25) is 0 Å². The van der Waals surface area contributed by atoms with Crippen LogP contribution in [0.25, 0.3) is 10.8 Å². The topological polar surface area (TPSA) is 74.3 Å². The highest BCUT2D eigenvalue weighted by Crippen LogP contribution is 2.30. The fourth-order valence-electron chi connectivity index (χ4n) is 3.57. The molecule has 0 unspecified atom stereocenters. The standard InChI is InChI=1S/C20H22N4O2S/c1-24(2)18-7-3-6-17-16(18)5-4-8-19(17)27(25,26)23-13-14-9-11-21-20-15(14)10-12-22-20/h3-9,11,23H,10,12-13H2,1-2H3,(H,21,22). The summed E-state index contributed by atoms with van der Waals surface area (Å²) in [7, 11) is 0.247. The molecule has 0 fully saturated rings. The first-order valence-corrected chi connectivity index (χ1v) is 10.3. The molecule has 1 aliphatic rings. The number of aromatic nitrogens is 1. The van der Waals surface area contributed by atoms with Gasteiger partial charge in [-0.15, -0.1) is 0 Å². The fraction of sp³-hybridized carbons (Fsp3) is 0.250. The van der Waals surface area contributed by atoms with E-state index in [4.69, 9.17) is 0 Å². The molecule has 3 aromatic rings. The van der Waals surface area contributed by atoms with Crippen LogP contribution in [0.15, 0.2) is 53.6 Å². The summed E-state index contributed by atoms with van der Waals surface area (Å²) in [6.07, 6.45) is 2.57. The summed E-state index contributed by atoms with van der Waals surface area (Å²) in [5, 5.41) is 4.85. The first-order valence-electron chi connectivity index (χ1n) is 8.87. The van der Waals surface area contributed by atoms with E-state index in [0.29, 0.717) is 4.90 Å². The second-order valence-corrected chi connectivity index (χ2v) is 8.56. The van der Waals surface area contributed by atoms with Gasteiger partial charge in [0.2, 0.25) is 10.0 Å². The van der Waals surface area contributed by atoms with Gasteiger partial charge in [0.1, 0.15) is 5.82 Å². The summed E-state index contributed by atoms with van der Waals surface area (Å²) >= 11 is 0. The molecule has 2 aromatic carbocycles. The van der Waals surface area contributed by atoms with Crippen LogP contribution in [0.2, 0.25) is 0 Å². The van der Waals surface area contributed by atoms with Crippen molar-refractivity contribution < 1.29 is 8.42 Å². The lowest BCUT2D eigenvalue weighted by Crippen LogP contribution is -2.24. The molecule has 0 bridgehead atoms. The number of nitrogens with zero attached hydrogens (tertiary/aromatic N) is 2. The Kier molecular flexibility index (Phi) is 4.49. The molecule has 0 saturated heterocycles. The highest BCUT2D eigenvalue weighted by Gasteiger charge is 2.20. The molecule has 6 nitrogen and oxygen atoms in total. The molecule has 1 aromatic heterocycles. The molecule has 0 atom stereocenters. The number of rotatable bonds is 5. The predicted octanol–water partition coefficient (Wildman–Crippen LogP) is 2.75. The van der Waals surface area contributed by atoms with E-state index in [1.54, 1.807) is 18.3 Å². The lowest BCUT2D eigenvalue weighted by atomic mass is 10.1. The van der Waals surface area contributed by atoms with Crippen LogP contribution in [0.1, 0.15) is 11.1 Å². The van der Waals surface area contributed by atoms with Gasteiger partial charge in [0.05, 0.1) is 4.90 Å². The molecule has 2 N–H and O–H groups in total. The van der Waals surface area contributed by atoms with Crippen LogP contribution < -0.4 is 14.9 Å². The van der Waals surface area contributed by atoms with E-state index in [0.717, 1.165) is 46.4 Å². The van der Waals surface area contributed by atoms with Crippen molar-refractivity contribution in [1.82, 2.24) is 9.71 Å². The molecule has 1 aliphatic heterocycles. The molecule has 0 saturated carbocycles. The summed E-state index contributed by atoms with van der Waals surface area (Å²) in [5.41, 5.74) is 3.04. The Morgan fingerprint density at radius 1 is 1.11 bits per heavy atom. The first kappa shape index (κ1) is 17.8. The zero-order valence-electron chi connectivity index (χ0n) is 15.4. The van der Waals surface area contributed by atoms with Crippen molar-refractivity contribution in [2.45, 2.75) is 17.9 Å². The van der Waals surface area contributed by atoms with E-state index in [2.05, 4.69) is 15.0 Å². The van der Waals surface area contributed by atoms with Gasteiger partial charge in [0, 0.05) is 55.4 Å². The molecule has 4 rings (SSSR count). The largest absolute Gasteiger partial charge is 0.377 e. The maximum Gasteiger partial charge on any atom is 0.241 e. The Morgan fingerprint density at radius 3 is 2.70 bits per heavy atom. The molecule has 140 valence electrons. The van der Waals surface area contributed by atoms with Crippen LogP contribution in [0.5, 0.6) is 0 Å². The normalized spacial score (nSPS) is 13.4. The van der Waals surface area contributed by atoms with Crippen LogP contribution in [-0.2, 0) is 23.0 Å². The summed E-state index contributed by atoms with van der Waals surface area (Å²) in [5.74, 6) is 0.854. The molecule has 2 heterocycles. The van der Waals surface area contributed by atoms with Crippen LogP contribution >= 0.6 is 0 Å². The molecule has 0 aliphatic carbocycles. The quantitative estimate of drug-likeness (QED) is 0.710. The highest BCUT2D eigenvalue weighted by molar-refractivity contribution is 7.89. The summed E-state index contributed by atoms with van der Waals surface area (Å²) in [6, 6.07) is 13.0. The Balaban J connectivity index is 1.69. The van der Waals surface area contributed by atoms with E-state index in [1.165, 1.54) is 0 Å². The van der Waals surface area contributed by atoms with Crippen molar-refractivity contribution in [3.63, 3.8) is 0 Å². The number of sulfonamides is 1. The van der Waals surface area contributed by atoms with Gasteiger partial charge >= 0.3 is 0 Å². The molecule has 0 radical (unpaired) electrons. The lowest BCUT2D eigenvalue weighted by Gasteiger charge is -2.17. The van der Waals surface area contributed by atoms with Crippen molar-refractivity contribution in [2.75, 3.05) is 30.9 Å². The number of benzene rings is 2. The van der Waals surface area contributed by atoms with Gasteiger partial charge in [0.15, 0.2) is 0 Å². The van der Waals surface area contributed by atoms with Gasteiger partial charge in [-0.25, -0.2) is 18.1 Å². The van der Waals surface area contributed by atoms with Crippen LogP contribution in [0, 0.1) is 0 Å². The van der Waals surface area contributed by atoms with E-state index in [1.807, 2.05) is 49.3 Å². The van der Waals surface area contributed by atoms with Gasteiger partial charge in [0.25, 0.3) is 0 Å². The SMILES string of the molecule is CN(C)c1cccc2c(S(=O)(=O)NCc3ccnc4c3CCN4)cccc12. The van der Waals surface area contributed by atoms with Crippen LogP contribution in [0.4, 0.5) is 11.5 Å². The minimum atomic E-state index is -3.65. The van der Waals surface area contributed by atoms with Crippen molar-refractivity contribution in [3.05, 3.63) is 59.8 Å². The van der Waals surface area contributed by atoms with Crippen LogP contribution in [-0.4, -0.2) is 34.0 Å². The Bertz CT molecular complexity index is 1110. The third-order valence-electron chi connectivity index (χ3n) is 4.90. The predicted molar refractivity (Wildman–Crippen MR) is 109 cm³/mol. The molecular formula is C20H22N4O2S. The van der Waals surface area contributed by atoms with Crippen molar-refractivity contribution in [2.24, 2.45) is 0 Å². The van der Waals surface area contributed by atoms with Crippen LogP contribution in [0.3, 0.4) is 0 Å². The summed E-state index contributed by atoms with van der Waals surface area (Å²) < 4.78 is 28.9. The summed E-state index contributed by atoms with van der Waals surface area (Å²) in [6.45, 7) is 1.08. The van der Waals surface area contributed by atoms with Crippen molar-refractivity contribution in [3.8, 4) is 0 Å². The highest BCUT2D eigenvalue weighted by atomic mass is 32.2. The first-order chi connectivity index (χ1) is 13.0. The van der Waals surface area contributed by atoms with E-state index in [9.17, 15) is 8.42 Å². The Morgan fingerprint density at radius 2 is 1.89 bits per heavy atom. The Labute approximate surface area is 159 Å². The zero-order valence-corrected chi connectivity index (χ0v) is 16.2. The maximum absolute atomic E-state index is 13.0. The summed E-state index contributed by atoms with van der Waals surface area (Å²) in [4.78, 5) is 6.58. The third-order valence-corrected chi connectivity index (χ3v) is 6.36. The number of pyridine rings is 1. The molecule has 27 heavy (non-hydrogen) atoms.